The van der Waals surface area contributed by atoms with Crippen LogP contribution in [0, 0.1) is 5.82 Å². The molecule has 1 aromatic carbocycles. The summed E-state index contributed by atoms with van der Waals surface area (Å²) in [6.07, 6.45) is 3.17. The number of aromatic nitrogens is 1. The second-order valence-electron chi connectivity index (χ2n) is 5.04. The highest BCUT2D eigenvalue weighted by Crippen LogP contribution is 2.16. The largest absolute Gasteiger partial charge is 0.497 e. The second kappa shape index (κ2) is 8.12. The second-order valence-corrected chi connectivity index (χ2v) is 5.04. The van der Waals surface area contributed by atoms with Crippen LogP contribution in [0.15, 0.2) is 47.4 Å². The number of pyridine rings is 1. The molecule has 0 aliphatic carbocycles. The van der Waals surface area contributed by atoms with Gasteiger partial charge in [-0.15, -0.1) is 0 Å². The number of amides is 1. The summed E-state index contributed by atoms with van der Waals surface area (Å²) in [5.74, 6) is -0.702. The minimum absolute atomic E-state index is 0.00919. The first-order chi connectivity index (χ1) is 11.1. The first-order valence-electron chi connectivity index (χ1n) is 7.39. The molecular formula is C17H19FN2O3. The highest BCUT2D eigenvalue weighted by Gasteiger charge is 2.11. The molecule has 0 saturated heterocycles. The molecule has 23 heavy (non-hydrogen) atoms. The standard InChI is InChI=1S/C17H19FN2O3/c1-23-13-7-8-14(15(18)12-13)17(22)19-9-3-5-11-20-10-4-2-6-16(20)21/h2,4,6-8,10,12H,3,5,9,11H2,1H3,(H,19,22). The van der Waals surface area contributed by atoms with Gasteiger partial charge in [-0.1, -0.05) is 6.07 Å². The molecule has 0 saturated carbocycles. The van der Waals surface area contributed by atoms with Gasteiger partial charge in [0.1, 0.15) is 11.6 Å². The van der Waals surface area contributed by atoms with Crippen molar-refractivity contribution < 1.29 is 13.9 Å². The van der Waals surface area contributed by atoms with Crippen molar-refractivity contribution in [3.8, 4) is 5.75 Å². The predicted molar refractivity (Wildman–Crippen MR) is 85.2 cm³/mol. The molecule has 122 valence electrons. The molecule has 1 aromatic heterocycles. The molecule has 1 amide bonds. The number of ether oxygens (including phenoxy) is 1. The van der Waals surface area contributed by atoms with E-state index in [9.17, 15) is 14.0 Å². The number of hydrogen-bond acceptors (Lipinski definition) is 3. The normalized spacial score (nSPS) is 10.3. The van der Waals surface area contributed by atoms with Crippen LogP contribution in [0.25, 0.3) is 0 Å². The summed E-state index contributed by atoms with van der Waals surface area (Å²) in [6, 6.07) is 9.12. The molecule has 1 N–H and O–H groups in total. The summed E-state index contributed by atoms with van der Waals surface area (Å²) < 4.78 is 20.3. The van der Waals surface area contributed by atoms with Gasteiger partial charge in [0, 0.05) is 31.4 Å². The highest BCUT2D eigenvalue weighted by atomic mass is 19.1. The van der Waals surface area contributed by atoms with Gasteiger partial charge < -0.3 is 14.6 Å². The van der Waals surface area contributed by atoms with Crippen LogP contribution in [0.1, 0.15) is 23.2 Å². The summed E-state index contributed by atoms with van der Waals surface area (Å²) in [4.78, 5) is 23.4. The van der Waals surface area contributed by atoms with Crippen LogP contribution < -0.4 is 15.6 Å². The Kier molecular flexibility index (Phi) is 5.91. The topological polar surface area (TPSA) is 60.3 Å². The third kappa shape index (κ3) is 4.67. The van der Waals surface area contributed by atoms with Gasteiger partial charge in [0.05, 0.1) is 12.7 Å². The molecule has 0 radical (unpaired) electrons. The molecule has 2 rings (SSSR count). The van der Waals surface area contributed by atoms with Crippen molar-refractivity contribution in [1.82, 2.24) is 9.88 Å². The molecule has 0 spiro atoms. The smallest absolute Gasteiger partial charge is 0.254 e. The number of benzene rings is 1. The third-order valence-corrected chi connectivity index (χ3v) is 3.43. The van der Waals surface area contributed by atoms with Crippen LogP contribution in [0.5, 0.6) is 5.75 Å². The van der Waals surface area contributed by atoms with Crippen molar-refractivity contribution in [3.63, 3.8) is 0 Å². The minimum atomic E-state index is -0.613. The van der Waals surface area contributed by atoms with E-state index in [4.69, 9.17) is 4.74 Å². The van der Waals surface area contributed by atoms with Gasteiger partial charge in [-0.2, -0.15) is 0 Å². The lowest BCUT2D eigenvalue weighted by molar-refractivity contribution is 0.0949. The molecule has 5 nitrogen and oxygen atoms in total. The van der Waals surface area contributed by atoms with Crippen LogP contribution in [-0.2, 0) is 6.54 Å². The van der Waals surface area contributed by atoms with E-state index < -0.39 is 11.7 Å². The maximum atomic E-state index is 13.7. The number of unbranched alkanes of at least 4 members (excludes halogenated alkanes) is 1. The molecule has 2 aromatic rings. The molecule has 0 atom stereocenters. The summed E-state index contributed by atoms with van der Waals surface area (Å²) in [5.41, 5.74) is -0.0538. The number of methoxy groups -OCH3 is 1. The zero-order valence-corrected chi connectivity index (χ0v) is 12.9. The molecule has 1 heterocycles. The SMILES string of the molecule is COc1ccc(C(=O)NCCCCn2ccccc2=O)c(F)c1. The van der Waals surface area contributed by atoms with E-state index in [1.165, 1.54) is 25.3 Å². The monoisotopic (exact) mass is 318 g/mol. The van der Waals surface area contributed by atoms with Crippen molar-refractivity contribution in [2.45, 2.75) is 19.4 Å². The summed E-state index contributed by atoms with van der Waals surface area (Å²) in [7, 11) is 1.44. The predicted octanol–water partition coefficient (Wildman–Crippen LogP) is 2.21. The van der Waals surface area contributed by atoms with Crippen LogP contribution in [-0.4, -0.2) is 24.1 Å². The Labute approximate surface area is 133 Å². The van der Waals surface area contributed by atoms with Gasteiger partial charge in [-0.25, -0.2) is 4.39 Å². The van der Waals surface area contributed by atoms with Gasteiger partial charge in [0.15, 0.2) is 0 Å². The molecule has 6 heteroatoms. The van der Waals surface area contributed by atoms with Gasteiger partial charge in [-0.05, 0) is 31.0 Å². The average Bonchev–Trinajstić information content (AvgIpc) is 2.55. The number of carbonyl (C=O) groups excluding carboxylic acids is 1. The Bertz CT molecular complexity index is 728. The highest BCUT2D eigenvalue weighted by molar-refractivity contribution is 5.94. The molecule has 0 aliphatic rings. The fraction of sp³-hybridized carbons (Fsp3) is 0.294. The summed E-state index contributed by atoms with van der Waals surface area (Å²) in [5, 5.41) is 2.67. The maximum absolute atomic E-state index is 13.7. The fourth-order valence-corrected chi connectivity index (χ4v) is 2.16. The van der Waals surface area contributed by atoms with Gasteiger partial charge in [0.2, 0.25) is 5.56 Å². The number of hydrogen-bond donors (Lipinski definition) is 1. The molecule has 0 fully saturated rings. The van der Waals surface area contributed by atoms with Crippen molar-refractivity contribution in [2.75, 3.05) is 13.7 Å². The number of rotatable bonds is 7. The van der Waals surface area contributed by atoms with Gasteiger partial charge >= 0.3 is 0 Å². The number of nitrogens with one attached hydrogen (secondary N) is 1. The van der Waals surface area contributed by atoms with Crippen molar-refractivity contribution >= 4 is 5.91 Å². The van der Waals surface area contributed by atoms with E-state index in [-0.39, 0.29) is 11.1 Å². The fourth-order valence-electron chi connectivity index (χ4n) is 2.16. The number of nitrogens with zero attached hydrogens (tertiary/aromatic N) is 1. The van der Waals surface area contributed by atoms with Crippen LogP contribution in [0.2, 0.25) is 0 Å². The Morgan fingerprint density at radius 3 is 2.78 bits per heavy atom. The van der Waals surface area contributed by atoms with Crippen molar-refractivity contribution in [2.24, 2.45) is 0 Å². The zero-order chi connectivity index (χ0) is 16.7. The van der Waals surface area contributed by atoms with Crippen LogP contribution in [0.4, 0.5) is 4.39 Å². The quantitative estimate of drug-likeness (QED) is 0.796. The Hall–Kier alpha value is -2.63. The van der Waals surface area contributed by atoms with E-state index in [0.717, 1.165) is 6.42 Å². The molecular weight excluding hydrogens is 299 g/mol. The first-order valence-corrected chi connectivity index (χ1v) is 7.39. The van der Waals surface area contributed by atoms with Crippen molar-refractivity contribution in [1.29, 1.82) is 0 Å². The van der Waals surface area contributed by atoms with E-state index in [1.54, 1.807) is 29.0 Å². The number of aryl methyl sites for hydroxylation is 1. The molecule has 0 bridgehead atoms. The van der Waals surface area contributed by atoms with Crippen LogP contribution in [0.3, 0.4) is 0 Å². The molecule has 0 unspecified atom stereocenters. The minimum Gasteiger partial charge on any atom is -0.497 e. The van der Waals surface area contributed by atoms with E-state index >= 15 is 0 Å². The van der Waals surface area contributed by atoms with Crippen LogP contribution >= 0.6 is 0 Å². The molecule has 0 aliphatic heterocycles. The Balaban J connectivity index is 1.77. The summed E-state index contributed by atoms with van der Waals surface area (Å²) >= 11 is 0. The average molecular weight is 318 g/mol. The maximum Gasteiger partial charge on any atom is 0.254 e. The third-order valence-electron chi connectivity index (χ3n) is 3.43. The number of halogens is 1. The van der Waals surface area contributed by atoms with E-state index in [1.807, 2.05) is 0 Å². The lowest BCUT2D eigenvalue weighted by Gasteiger charge is -2.08. The number of carbonyl (C=O) groups is 1. The lowest BCUT2D eigenvalue weighted by atomic mass is 10.2. The Morgan fingerprint density at radius 1 is 1.26 bits per heavy atom. The Morgan fingerprint density at radius 2 is 2.09 bits per heavy atom. The summed E-state index contributed by atoms with van der Waals surface area (Å²) in [6.45, 7) is 1.01. The zero-order valence-electron chi connectivity index (χ0n) is 12.9. The van der Waals surface area contributed by atoms with E-state index in [0.29, 0.717) is 25.3 Å². The lowest BCUT2D eigenvalue weighted by Crippen LogP contribution is -2.26. The van der Waals surface area contributed by atoms with Gasteiger partial charge in [0.25, 0.3) is 5.91 Å². The van der Waals surface area contributed by atoms with E-state index in [2.05, 4.69) is 5.32 Å². The first kappa shape index (κ1) is 16.7. The van der Waals surface area contributed by atoms with Gasteiger partial charge in [-0.3, -0.25) is 9.59 Å². The van der Waals surface area contributed by atoms with Crippen molar-refractivity contribution in [3.05, 3.63) is 64.3 Å².